The second kappa shape index (κ2) is 5.70. The lowest BCUT2D eigenvalue weighted by Gasteiger charge is -2.11. The highest BCUT2D eigenvalue weighted by atomic mass is 35.6. The molecule has 0 saturated heterocycles. The van der Waals surface area contributed by atoms with E-state index in [0.29, 0.717) is 5.56 Å². The molecule has 0 aliphatic carbocycles. The van der Waals surface area contributed by atoms with Crippen LogP contribution in [-0.2, 0) is 3.79 Å². The molecule has 0 spiro atoms. The van der Waals surface area contributed by atoms with Crippen molar-refractivity contribution in [3.8, 4) is 0 Å². The Kier molecular flexibility index (Phi) is 4.44. The van der Waals surface area contributed by atoms with Crippen LogP contribution in [0.5, 0.6) is 0 Å². The number of hydrogen-bond acceptors (Lipinski definition) is 1. The number of hydrogen-bond donors (Lipinski definition) is 0. The summed E-state index contributed by atoms with van der Waals surface area (Å²) in [5, 5.41) is 0. The van der Waals surface area contributed by atoms with Gasteiger partial charge in [-0.3, -0.25) is 0 Å². The lowest BCUT2D eigenvalue weighted by atomic mass is 10.2. The van der Waals surface area contributed by atoms with E-state index in [2.05, 4.69) is 0 Å². The Morgan fingerprint density at radius 2 is 1.22 bits per heavy atom. The van der Waals surface area contributed by atoms with Crippen LogP contribution in [0.4, 0.5) is 4.39 Å². The maximum absolute atomic E-state index is 12.8. The zero-order valence-electron chi connectivity index (χ0n) is 9.04. The van der Waals surface area contributed by atoms with Gasteiger partial charge in [0.1, 0.15) is 5.82 Å². The summed E-state index contributed by atoms with van der Waals surface area (Å²) in [6.45, 7) is 0. The Bertz CT molecular complexity index is 517. The van der Waals surface area contributed by atoms with Gasteiger partial charge in [0.2, 0.25) is 3.79 Å². The van der Waals surface area contributed by atoms with Crippen molar-refractivity contribution in [2.45, 2.75) is 13.6 Å². The Hall–Kier alpha value is -0.410. The highest BCUT2D eigenvalue weighted by Crippen LogP contribution is 2.39. The summed E-state index contributed by atoms with van der Waals surface area (Å²) in [6, 6.07) is 13.6. The maximum atomic E-state index is 12.8. The molecule has 0 radical (unpaired) electrons. The molecule has 0 atom stereocenters. The minimum Gasteiger partial charge on any atom is -0.207 e. The first-order chi connectivity index (χ1) is 8.45. The molecule has 5 heteroatoms. The molecule has 0 aromatic heterocycles. The van der Waals surface area contributed by atoms with Crippen molar-refractivity contribution in [1.82, 2.24) is 0 Å². The van der Waals surface area contributed by atoms with Gasteiger partial charge in [0, 0.05) is 15.4 Å². The molecule has 2 rings (SSSR count). The van der Waals surface area contributed by atoms with Gasteiger partial charge in [-0.15, -0.1) is 0 Å². The standard InChI is InChI=1S/C13H8Cl3FS/c14-13(15,16)9-1-5-11(6-2-9)18-12-7-3-10(17)4-8-12/h1-8H. The van der Waals surface area contributed by atoms with Crippen molar-refractivity contribution in [2.75, 3.05) is 0 Å². The van der Waals surface area contributed by atoms with Crippen LogP contribution < -0.4 is 0 Å². The molecular formula is C13H8Cl3FS. The van der Waals surface area contributed by atoms with Crippen molar-refractivity contribution >= 4 is 46.6 Å². The molecule has 18 heavy (non-hydrogen) atoms. The van der Waals surface area contributed by atoms with Gasteiger partial charge in [-0.1, -0.05) is 58.7 Å². The van der Waals surface area contributed by atoms with Crippen molar-refractivity contribution in [1.29, 1.82) is 0 Å². The molecule has 0 N–H and O–H groups in total. The number of alkyl halides is 3. The minimum absolute atomic E-state index is 0.245. The second-order valence-electron chi connectivity index (χ2n) is 3.58. The van der Waals surface area contributed by atoms with Gasteiger partial charge in [0.15, 0.2) is 0 Å². The number of halogens is 4. The monoisotopic (exact) mass is 320 g/mol. The molecule has 2 aromatic rings. The number of rotatable bonds is 2. The normalized spacial score (nSPS) is 11.6. The fourth-order valence-corrected chi connectivity index (χ4v) is 2.55. The smallest absolute Gasteiger partial charge is 0.207 e. The van der Waals surface area contributed by atoms with Gasteiger partial charge in [-0.25, -0.2) is 4.39 Å². The Morgan fingerprint density at radius 1 is 0.778 bits per heavy atom. The summed E-state index contributed by atoms with van der Waals surface area (Å²) in [5.41, 5.74) is 0.621. The number of benzene rings is 2. The Balaban J connectivity index is 2.13. The molecule has 0 nitrogen and oxygen atoms in total. The summed E-state index contributed by atoms with van der Waals surface area (Å²) in [6.07, 6.45) is 0. The van der Waals surface area contributed by atoms with E-state index in [4.69, 9.17) is 34.8 Å². The molecule has 0 fully saturated rings. The molecule has 94 valence electrons. The largest absolute Gasteiger partial charge is 0.216 e. The molecule has 0 unspecified atom stereocenters. The first kappa shape index (κ1) is 14.0. The zero-order valence-corrected chi connectivity index (χ0v) is 12.1. The SMILES string of the molecule is Fc1ccc(Sc2ccc(C(Cl)(Cl)Cl)cc2)cc1. The van der Waals surface area contributed by atoms with Gasteiger partial charge >= 0.3 is 0 Å². The van der Waals surface area contributed by atoms with Crippen molar-refractivity contribution in [2.24, 2.45) is 0 Å². The average Bonchev–Trinajstić information content (AvgIpc) is 2.32. The third-order valence-electron chi connectivity index (χ3n) is 2.23. The molecule has 0 bridgehead atoms. The third kappa shape index (κ3) is 3.79. The highest BCUT2D eigenvalue weighted by Gasteiger charge is 2.22. The highest BCUT2D eigenvalue weighted by molar-refractivity contribution is 7.99. The van der Waals surface area contributed by atoms with Crippen LogP contribution >= 0.6 is 46.6 Å². The second-order valence-corrected chi connectivity index (χ2v) is 7.01. The lowest BCUT2D eigenvalue weighted by molar-refractivity contribution is 0.626. The van der Waals surface area contributed by atoms with E-state index in [1.807, 2.05) is 12.1 Å². The topological polar surface area (TPSA) is 0 Å². The third-order valence-corrected chi connectivity index (χ3v) is 3.90. The predicted octanol–water partition coefficient (Wildman–Crippen LogP) is 5.80. The molecule has 0 heterocycles. The lowest BCUT2D eigenvalue weighted by Crippen LogP contribution is -1.98. The predicted molar refractivity (Wildman–Crippen MR) is 76.2 cm³/mol. The van der Waals surface area contributed by atoms with Crippen LogP contribution in [-0.4, -0.2) is 0 Å². The maximum Gasteiger partial charge on any atom is 0.216 e. The molecule has 0 saturated carbocycles. The molecule has 0 amide bonds. The van der Waals surface area contributed by atoms with Crippen molar-refractivity contribution in [3.05, 3.63) is 59.9 Å². The Morgan fingerprint density at radius 3 is 1.67 bits per heavy atom. The van der Waals surface area contributed by atoms with E-state index in [9.17, 15) is 4.39 Å². The van der Waals surface area contributed by atoms with Crippen LogP contribution in [0.1, 0.15) is 5.56 Å². The molecule has 0 aliphatic rings. The summed E-state index contributed by atoms with van der Waals surface area (Å²) in [5.74, 6) is -0.245. The molecule has 0 aliphatic heterocycles. The summed E-state index contributed by atoms with van der Waals surface area (Å²) in [7, 11) is 0. The fourth-order valence-electron chi connectivity index (χ4n) is 1.35. The van der Waals surface area contributed by atoms with Crippen molar-refractivity contribution in [3.63, 3.8) is 0 Å². The Labute approximate surface area is 124 Å². The van der Waals surface area contributed by atoms with E-state index in [-0.39, 0.29) is 5.82 Å². The summed E-state index contributed by atoms with van der Waals surface area (Å²) >= 11 is 18.8. The van der Waals surface area contributed by atoms with E-state index in [1.54, 1.807) is 24.3 Å². The quantitative estimate of drug-likeness (QED) is 0.630. The van der Waals surface area contributed by atoms with Crippen LogP contribution in [0, 0.1) is 5.82 Å². The minimum atomic E-state index is -1.40. The fraction of sp³-hybridized carbons (Fsp3) is 0.0769. The van der Waals surface area contributed by atoms with E-state index in [1.165, 1.54) is 23.9 Å². The van der Waals surface area contributed by atoms with Crippen LogP contribution in [0.25, 0.3) is 0 Å². The van der Waals surface area contributed by atoms with Gasteiger partial charge in [0.25, 0.3) is 0 Å². The first-order valence-corrected chi connectivity index (χ1v) is 7.01. The van der Waals surface area contributed by atoms with Crippen molar-refractivity contribution < 1.29 is 4.39 Å². The summed E-state index contributed by atoms with van der Waals surface area (Å²) in [4.78, 5) is 1.96. The van der Waals surface area contributed by atoms with E-state index in [0.717, 1.165) is 9.79 Å². The summed E-state index contributed by atoms with van der Waals surface area (Å²) < 4.78 is 11.4. The van der Waals surface area contributed by atoms with Crippen LogP contribution in [0.2, 0.25) is 0 Å². The molecule has 2 aromatic carbocycles. The molecular weight excluding hydrogens is 314 g/mol. The zero-order chi connectivity index (χ0) is 13.2. The van der Waals surface area contributed by atoms with Crippen LogP contribution in [0.3, 0.4) is 0 Å². The average molecular weight is 322 g/mol. The van der Waals surface area contributed by atoms with E-state index >= 15 is 0 Å². The first-order valence-electron chi connectivity index (χ1n) is 5.06. The van der Waals surface area contributed by atoms with E-state index < -0.39 is 3.79 Å². The van der Waals surface area contributed by atoms with Gasteiger partial charge in [-0.05, 0) is 36.4 Å². The van der Waals surface area contributed by atoms with Gasteiger partial charge in [-0.2, -0.15) is 0 Å². The van der Waals surface area contributed by atoms with Gasteiger partial charge < -0.3 is 0 Å². The van der Waals surface area contributed by atoms with Gasteiger partial charge in [0.05, 0.1) is 0 Å². The van der Waals surface area contributed by atoms with Crippen LogP contribution in [0.15, 0.2) is 58.3 Å².